The van der Waals surface area contributed by atoms with E-state index < -0.39 is 5.51 Å². The minimum atomic E-state index is -4.23. The standard InChI is InChI=1S/C7H4ClF3S/c8-5-1-3-6(4-2-5)12-7(9,10)11/h1-4H. The lowest BCUT2D eigenvalue weighted by molar-refractivity contribution is -0.0328. The van der Waals surface area contributed by atoms with Gasteiger partial charge in [0.2, 0.25) is 0 Å². The van der Waals surface area contributed by atoms with Gasteiger partial charge < -0.3 is 0 Å². The van der Waals surface area contributed by atoms with E-state index in [0.717, 1.165) is 0 Å². The van der Waals surface area contributed by atoms with E-state index in [-0.39, 0.29) is 16.7 Å². The summed E-state index contributed by atoms with van der Waals surface area (Å²) in [6, 6.07) is 5.52. The third-order valence-electron chi connectivity index (χ3n) is 1.05. The van der Waals surface area contributed by atoms with E-state index >= 15 is 0 Å². The van der Waals surface area contributed by atoms with E-state index in [1.807, 2.05) is 0 Å². The van der Waals surface area contributed by atoms with Crippen molar-refractivity contribution in [1.29, 1.82) is 0 Å². The van der Waals surface area contributed by atoms with Crippen LogP contribution in [0.1, 0.15) is 0 Å². The van der Waals surface area contributed by atoms with Crippen LogP contribution in [-0.4, -0.2) is 5.51 Å². The van der Waals surface area contributed by atoms with Crippen LogP contribution in [0.2, 0.25) is 5.02 Å². The fraction of sp³-hybridized carbons (Fsp3) is 0.143. The zero-order chi connectivity index (χ0) is 9.19. The maximum absolute atomic E-state index is 11.8. The molecule has 0 aliphatic carbocycles. The van der Waals surface area contributed by atoms with Crippen molar-refractivity contribution in [3.63, 3.8) is 0 Å². The van der Waals surface area contributed by atoms with Gasteiger partial charge in [0.1, 0.15) is 0 Å². The number of alkyl halides is 3. The smallest absolute Gasteiger partial charge is 0.160 e. The molecule has 0 nitrogen and oxygen atoms in total. The molecule has 0 unspecified atom stereocenters. The first-order chi connectivity index (χ1) is 5.47. The molecular weight excluding hydrogens is 209 g/mol. The topological polar surface area (TPSA) is 0 Å². The summed E-state index contributed by atoms with van der Waals surface area (Å²) in [5.74, 6) is 0. The molecular formula is C7H4ClF3S. The number of benzene rings is 1. The van der Waals surface area contributed by atoms with Crippen molar-refractivity contribution in [2.45, 2.75) is 10.4 Å². The van der Waals surface area contributed by atoms with Crippen molar-refractivity contribution in [3.8, 4) is 0 Å². The fourth-order valence-corrected chi connectivity index (χ4v) is 1.30. The Hall–Kier alpha value is -0.350. The average molecular weight is 213 g/mol. The van der Waals surface area contributed by atoms with E-state index in [2.05, 4.69) is 0 Å². The van der Waals surface area contributed by atoms with Crippen LogP contribution < -0.4 is 0 Å². The molecule has 0 spiro atoms. The van der Waals surface area contributed by atoms with Crippen LogP contribution in [0.5, 0.6) is 0 Å². The van der Waals surface area contributed by atoms with Gasteiger partial charge in [-0.05, 0) is 36.0 Å². The largest absolute Gasteiger partial charge is 0.446 e. The van der Waals surface area contributed by atoms with Gasteiger partial charge in [0.15, 0.2) is 0 Å². The third kappa shape index (κ3) is 3.36. The van der Waals surface area contributed by atoms with Gasteiger partial charge in [-0.15, -0.1) is 0 Å². The first kappa shape index (κ1) is 9.74. The fourth-order valence-electron chi connectivity index (χ4n) is 0.636. The number of thioether (sulfide) groups is 1. The maximum atomic E-state index is 11.8. The van der Waals surface area contributed by atoms with Crippen molar-refractivity contribution >= 4 is 23.4 Å². The van der Waals surface area contributed by atoms with E-state index in [0.29, 0.717) is 5.02 Å². The van der Waals surface area contributed by atoms with Crippen LogP contribution in [0.3, 0.4) is 0 Å². The Morgan fingerprint density at radius 3 is 2.00 bits per heavy atom. The second-order valence-electron chi connectivity index (χ2n) is 2.00. The van der Waals surface area contributed by atoms with Gasteiger partial charge in [0, 0.05) is 9.92 Å². The highest BCUT2D eigenvalue weighted by Crippen LogP contribution is 2.36. The van der Waals surface area contributed by atoms with Gasteiger partial charge in [0.25, 0.3) is 0 Å². The van der Waals surface area contributed by atoms with Gasteiger partial charge >= 0.3 is 5.51 Å². The van der Waals surface area contributed by atoms with E-state index in [1.54, 1.807) is 0 Å². The Morgan fingerprint density at radius 2 is 1.58 bits per heavy atom. The van der Waals surface area contributed by atoms with Crippen LogP contribution in [-0.2, 0) is 0 Å². The molecule has 0 aromatic heterocycles. The molecule has 1 rings (SSSR count). The Bertz CT molecular complexity index is 254. The Labute approximate surface area is 76.7 Å². The van der Waals surface area contributed by atoms with Crippen LogP contribution in [0.15, 0.2) is 29.2 Å². The molecule has 0 aliphatic rings. The summed E-state index contributed by atoms with van der Waals surface area (Å²) in [5.41, 5.74) is -4.23. The first-order valence-electron chi connectivity index (χ1n) is 2.99. The van der Waals surface area contributed by atoms with E-state index in [9.17, 15) is 13.2 Å². The minimum Gasteiger partial charge on any atom is -0.160 e. The Kier molecular flexibility index (Phi) is 2.90. The normalized spacial score (nSPS) is 11.7. The number of rotatable bonds is 1. The highest BCUT2D eigenvalue weighted by atomic mass is 35.5. The second kappa shape index (κ2) is 3.58. The molecule has 0 N–H and O–H groups in total. The van der Waals surface area contributed by atoms with E-state index in [1.165, 1.54) is 24.3 Å². The summed E-state index contributed by atoms with van der Waals surface area (Å²) in [4.78, 5) is 0.145. The van der Waals surface area contributed by atoms with Gasteiger partial charge in [0.05, 0.1) is 0 Å². The Morgan fingerprint density at radius 1 is 1.08 bits per heavy atom. The van der Waals surface area contributed by atoms with E-state index in [4.69, 9.17) is 11.6 Å². The lowest BCUT2D eigenvalue weighted by Gasteiger charge is -2.04. The SMILES string of the molecule is FC(F)(F)Sc1ccc(Cl)cc1. The Balaban J connectivity index is 2.71. The highest BCUT2D eigenvalue weighted by molar-refractivity contribution is 8.00. The molecule has 0 amide bonds. The molecule has 66 valence electrons. The van der Waals surface area contributed by atoms with Crippen LogP contribution >= 0.6 is 23.4 Å². The quantitative estimate of drug-likeness (QED) is 0.635. The van der Waals surface area contributed by atoms with Crippen LogP contribution in [0.25, 0.3) is 0 Å². The zero-order valence-electron chi connectivity index (χ0n) is 5.73. The molecule has 0 bridgehead atoms. The predicted molar refractivity (Wildman–Crippen MR) is 43.4 cm³/mol. The molecule has 0 saturated heterocycles. The van der Waals surface area contributed by atoms with Crippen molar-refractivity contribution in [1.82, 2.24) is 0 Å². The molecule has 1 aromatic rings. The van der Waals surface area contributed by atoms with Gasteiger partial charge in [-0.2, -0.15) is 13.2 Å². The lowest BCUT2D eigenvalue weighted by atomic mass is 10.4. The molecule has 0 radical (unpaired) electrons. The predicted octanol–water partition coefficient (Wildman–Crippen LogP) is 3.95. The minimum absolute atomic E-state index is 0.145. The van der Waals surface area contributed by atoms with Gasteiger partial charge in [-0.3, -0.25) is 0 Å². The molecule has 5 heteroatoms. The second-order valence-corrected chi connectivity index (χ2v) is 3.58. The third-order valence-corrected chi connectivity index (χ3v) is 2.04. The summed E-state index contributed by atoms with van der Waals surface area (Å²) in [6.45, 7) is 0. The number of halogens is 4. The number of hydrogen-bond acceptors (Lipinski definition) is 1. The summed E-state index contributed by atoms with van der Waals surface area (Å²) in [7, 11) is 0. The van der Waals surface area contributed by atoms with Crippen molar-refractivity contribution in [3.05, 3.63) is 29.3 Å². The van der Waals surface area contributed by atoms with Crippen molar-refractivity contribution < 1.29 is 13.2 Å². The van der Waals surface area contributed by atoms with Crippen molar-refractivity contribution in [2.24, 2.45) is 0 Å². The molecule has 0 saturated carbocycles. The van der Waals surface area contributed by atoms with Crippen LogP contribution in [0, 0.1) is 0 Å². The van der Waals surface area contributed by atoms with Gasteiger partial charge in [-0.25, -0.2) is 0 Å². The maximum Gasteiger partial charge on any atom is 0.446 e. The molecule has 12 heavy (non-hydrogen) atoms. The zero-order valence-corrected chi connectivity index (χ0v) is 7.30. The molecule has 0 heterocycles. The molecule has 0 aliphatic heterocycles. The lowest BCUT2D eigenvalue weighted by Crippen LogP contribution is -1.98. The summed E-state index contributed by atoms with van der Waals surface area (Å²) < 4.78 is 35.3. The molecule has 1 aromatic carbocycles. The summed E-state index contributed by atoms with van der Waals surface area (Å²) in [5, 5.41) is 0.432. The molecule has 0 fully saturated rings. The monoisotopic (exact) mass is 212 g/mol. The summed E-state index contributed by atoms with van der Waals surface area (Å²) >= 11 is 5.34. The average Bonchev–Trinajstić information content (AvgIpc) is 1.91. The first-order valence-corrected chi connectivity index (χ1v) is 4.18. The number of hydrogen-bond donors (Lipinski definition) is 0. The summed E-state index contributed by atoms with van der Waals surface area (Å²) in [6.07, 6.45) is 0. The van der Waals surface area contributed by atoms with Gasteiger partial charge in [-0.1, -0.05) is 11.6 Å². The molecule has 0 atom stereocenters. The highest BCUT2D eigenvalue weighted by Gasteiger charge is 2.28. The van der Waals surface area contributed by atoms with Crippen molar-refractivity contribution in [2.75, 3.05) is 0 Å². The van der Waals surface area contributed by atoms with Crippen LogP contribution in [0.4, 0.5) is 13.2 Å².